The second-order valence-electron chi connectivity index (χ2n) is 4.47. The molecular formula is C14H15FN4O2. The lowest BCUT2D eigenvalue weighted by molar-refractivity contribution is -0.384. The fourth-order valence-corrected chi connectivity index (χ4v) is 1.78. The van der Waals surface area contributed by atoms with Gasteiger partial charge in [0.05, 0.1) is 17.1 Å². The van der Waals surface area contributed by atoms with Gasteiger partial charge in [-0.15, -0.1) is 0 Å². The number of benzene rings is 1. The number of halogens is 1. The maximum absolute atomic E-state index is 13.5. The van der Waals surface area contributed by atoms with Gasteiger partial charge in [-0.3, -0.25) is 10.1 Å². The number of aryl methyl sites for hydroxylation is 1. The van der Waals surface area contributed by atoms with E-state index in [1.807, 2.05) is 6.92 Å². The first-order valence-corrected chi connectivity index (χ1v) is 6.43. The molecule has 0 aliphatic heterocycles. The molecule has 0 aliphatic carbocycles. The minimum Gasteiger partial charge on any atom is -0.370 e. The van der Waals surface area contributed by atoms with Gasteiger partial charge in [0.2, 0.25) is 0 Å². The molecule has 0 unspecified atom stereocenters. The van der Waals surface area contributed by atoms with Crippen molar-refractivity contribution in [3.8, 4) is 0 Å². The number of nitrogens with one attached hydrogen (secondary N) is 2. The van der Waals surface area contributed by atoms with Crippen LogP contribution in [0, 0.1) is 22.9 Å². The summed E-state index contributed by atoms with van der Waals surface area (Å²) in [7, 11) is 0. The fourth-order valence-electron chi connectivity index (χ4n) is 1.78. The fraction of sp³-hybridized carbons (Fsp3) is 0.214. The topological polar surface area (TPSA) is 80.1 Å². The molecule has 6 nitrogen and oxygen atoms in total. The lowest BCUT2D eigenvalue weighted by Gasteiger charge is -2.09. The molecule has 0 fully saturated rings. The Kier molecular flexibility index (Phi) is 4.32. The number of nitro groups is 1. The summed E-state index contributed by atoms with van der Waals surface area (Å²) in [4.78, 5) is 14.6. The minimum atomic E-state index is -0.497. The Balaban J connectivity index is 2.33. The van der Waals surface area contributed by atoms with Crippen LogP contribution in [0.4, 0.5) is 27.4 Å². The highest BCUT2D eigenvalue weighted by atomic mass is 19.1. The van der Waals surface area contributed by atoms with Crippen molar-refractivity contribution in [2.75, 3.05) is 17.2 Å². The third-order valence-electron chi connectivity index (χ3n) is 2.82. The molecule has 21 heavy (non-hydrogen) atoms. The molecule has 0 saturated heterocycles. The number of rotatable bonds is 5. The van der Waals surface area contributed by atoms with E-state index in [9.17, 15) is 14.5 Å². The van der Waals surface area contributed by atoms with Crippen LogP contribution in [0.5, 0.6) is 0 Å². The van der Waals surface area contributed by atoms with Crippen LogP contribution in [0.15, 0.2) is 30.3 Å². The predicted molar refractivity (Wildman–Crippen MR) is 79.5 cm³/mol. The Labute approximate surface area is 121 Å². The van der Waals surface area contributed by atoms with E-state index in [0.717, 1.165) is 0 Å². The third kappa shape index (κ3) is 3.65. The Hall–Kier alpha value is -2.70. The Bertz CT molecular complexity index is 676. The SMILES string of the molecule is CCNc1cc([N+](=O)[O-])cc(Nc2ccc(C)c(F)c2)n1. The van der Waals surface area contributed by atoms with E-state index < -0.39 is 4.92 Å². The number of hydrogen-bond donors (Lipinski definition) is 2. The highest BCUT2D eigenvalue weighted by molar-refractivity contribution is 5.62. The molecule has 7 heteroatoms. The van der Waals surface area contributed by atoms with Crippen LogP contribution in [0.3, 0.4) is 0 Å². The van der Waals surface area contributed by atoms with Crippen molar-refractivity contribution < 1.29 is 9.31 Å². The molecule has 0 spiro atoms. The zero-order valence-electron chi connectivity index (χ0n) is 11.7. The Morgan fingerprint density at radius 2 is 2.00 bits per heavy atom. The van der Waals surface area contributed by atoms with E-state index in [0.29, 0.717) is 23.6 Å². The number of anilines is 3. The number of pyridine rings is 1. The minimum absolute atomic E-state index is 0.0870. The molecule has 2 aromatic rings. The van der Waals surface area contributed by atoms with Crippen LogP contribution in [0.2, 0.25) is 0 Å². The van der Waals surface area contributed by atoms with Crippen molar-refractivity contribution in [1.29, 1.82) is 0 Å². The highest BCUT2D eigenvalue weighted by Crippen LogP contribution is 2.24. The summed E-state index contributed by atoms with van der Waals surface area (Å²) in [5, 5.41) is 16.7. The molecule has 1 aromatic carbocycles. The van der Waals surface area contributed by atoms with Crippen molar-refractivity contribution in [3.05, 3.63) is 51.8 Å². The highest BCUT2D eigenvalue weighted by Gasteiger charge is 2.11. The zero-order chi connectivity index (χ0) is 15.4. The second-order valence-corrected chi connectivity index (χ2v) is 4.47. The Morgan fingerprint density at radius 1 is 1.29 bits per heavy atom. The lowest BCUT2D eigenvalue weighted by Crippen LogP contribution is -2.03. The van der Waals surface area contributed by atoms with Crippen molar-refractivity contribution >= 4 is 23.0 Å². The average molecular weight is 290 g/mol. The van der Waals surface area contributed by atoms with E-state index in [4.69, 9.17) is 0 Å². The normalized spacial score (nSPS) is 10.2. The van der Waals surface area contributed by atoms with Crippen LogP contribution >= 0.6 is 0 Å². The number of aromatic nitrogens is 1. The van der Waals surface area contributed by atoms with Gasteiger partial charge in [-0.25, -0.2) is 9.37 Å². The van der Waals surface area contributed by atoms with E-state index in [1.54, 1.807) is 19.1 Å². The summed E-state index contributed by atoms with van der Waals surface area (Å²) in [5.41, 5.74) is 0.922. The molecule has 0 saturated carbocycles. The van der Waals surface area contributed by atoms with Crippen LogP contribution in [0.25, 0.3) is 0 Å². The van der Waals surface area contributed by atoms with Crippen molar-refractivity contribution in [2.24, 2.45) is 0 Å². The smallest absolute Gasteiger partial charge is 0.276 e. The van der Waals surface area contributed by atoms with Crippen molar-refractivity contribution in [1.82, 2.24) is 4.98 Å². The monoisotopic (exact) mass is 290 g/mol. The van der Waals surface area contributed by atoms with Gasteiger partial charge < -0.3 is 10.6 Å². The van der Waals surface area contributed by atoms with Crippen LogP contribution in [-0.2, 0) is 0 Å². The van der Waals surface area contributed by atoms with Crippen molar-refractivity contribution in [2.45, 2.75) is 13.8 Å². The van der Waals surface area contributed by atoms with Gasteiger partial charge in [0.25, 0.3) is 5.69 Å². The van der Waals surface area contributed by atoms with Crippen molar-refractivity contribution in [3.63, 3.8) is 0 Å². The van der Waals surface area contributed by atoms with E-state index in [2.05, 4.69) is 15.6 Å². The molecule has 2 N–H and O–H groups in total. The van der Waals surface area contributed by atoms with E-state index in [1.165, 1.54) is 18.2 Å². The molecule has 1 aromatic heterocycles. The lowest BCUT2D eigenvalue weighted by atomic mass is 10.2. The molecule has 0 bridgehead atoms. The maximum Gasteiger partial charge on any atom is 0.276 e. The summed E-state index contributed by atoms with van der Waals surface area (Å²) < 4.78 is 13.5. The number of hydrogen-bond acceptors (Lipinski definition) is 5. The summed E-state index contributed by atoms with van der Waals surface area (Å²) in [5.74, 6) is 0.322. The first kappa shape index (κ1) is 14.7. The van der Waals surface area contributed by atoms with E-state index in [-0.39, 0.29) is 17.3 Å². The average Bonchev–Trinajstić information content (AvgIpc) is 2.43. The van der Waals surface area contributed by atoms with E-state index >= 15 is 0 Å². The molecule has 0 aliphatic rings. The van der Waals surface area contributed by atoms with Gasteiger partial charge in [-0.2, -0.15) is 0 Å². The molecular weight excluding hydrogens is 275 g/mol. The zero-order valence-corrected chi connectivity index (χ0v) is 11.7. The van der Waals surface area contributed by atoms with Gasteiger partial charge in [0.1, 0.15) is 17.5 Å². The molecule has 110 valence electrons. The van der Waals surface area contributed by atoms with Crippen LogP contribution in [0.1, 0.15) is 12.5 Å². The van der Waals surface area contributed by atoms with Gasteiger partial charge in [-0.05, 0) is 31.5 Å². The molecule has 0 amide bonds. The summed E-state index contributed by atoms with van der Waals surface area (Å²) in [6.45, 7) is 4.11. The largest absolute Gasteiger partial charge is 0.370 e. The standard InChI is InChI=1S/C14H15FN4O2/c1-3-16-13-7-11(19(20)21)8-14(18-13)17-10-5-4-9(2)12(15)6-10/h4-8H,3H2,1-2H3,(H2,16,17,18). The Morgan fingerprint density at radius 3 is 2.62 bits per heavy atom. The molecule has 2 rings (SSSR count). The van der Waals surface area contributed by atoms with Gasteiger partial charge in [0.15, 0.2) is 0 Å². The maximum atomic E-state index is 13.5. The van der Waals surface area contributed by atoms with Gasteiger partial charge in [-0.1, -0.05) is 6.07 Å². The summed E-state index contributed by atoms with van der Waals surface area (Å²) >= 11 is 0. The molecule has 1 heterocycles. The van der Waals surface area contributed by atoms with Gasteiger partial charge >= 0.3 is 0 Å². The summed E-state index contributed by atoms with van der Waals surface area (Å²) in [6.07, 6.45) is 0. The third-order valence-corrected chi connectivity index (χ3v) is 2.82. The first-order chi connectivity index (χ1) is 9.99. The quantitative estimate of drug-likeness (QED) is 0.649. The van der Waals surface area contributed by atoms with Crippen LogP contribution < -0.4 is 10.6 Å². The molecule has 0 radical (unpaired) electrons. The van der Waals surface area contributed by atoms with Crippen LogP contribution in [-0.4, -0.2) is 16.5 Å². The second kappa shape index (κ2) is 6.17. The number of nitrogens with zero attached hydrogens (tertiary/aromatic N) is 2. The summed E-state index contributed by atoms with van der Waals surface area (Å²) in [6, 6.07) is 7.29. The van der Waals surface area contributed by atoms with Gasteiger partial charge in [0, 0.05) is 12.2 Å². The molecule has 0 atom stereocenters. The first-order valence-electron chi connectivity index (χ1n) is 6.43. The predicted octanol–water partition coefficient (Wildman–Crippen LogP) is 3.61.